The van der Waals surface area contributed by atoms with Crippen LogP contribution in [0.15, 0.2) is 18.2 Å². The third-order valence-electron chi connectivity index (χ3n) is 10.6. The summed E-state index contributed by atoms with van der Waals surface area (Å²) in [7, 11) is 1.25. The first-order valence-corrected chi connectivity index (χ1v) is 17.5. The van der Waals surface area contributed by atoms with Crippen LogP contribution in [-0.4, -0.2) is 66.5 Å². The van der Waals surface area contributed by atoms with Crippen molar-refractivity contribution in [3.8, 4) is 29.1 Å². The Hall–Kier alpha value is -3.87. The number of nitrogens with zero attached hydrogens (tertiary/aromatic N) is 4. The summed E-state index contributed by atoms with van der Waals surface area (Å²) >= 11 is 0.703. The number of halogens is 6. The van der Waals surface area contributed by atoms with Crippen molar-refractivity contribution in [1.29, 1.82) is 5.26 Å². The first kappa shape index (κ1) is 34.6. The number of nitrogens with two attached hydrogens (primary N) is 1. The van der Waals surface area contributed by atoms with Gasteiger partial charge < -0.3 is 20.5 Å². The van der Waals surface area contributed by atoms with Crippen molar-refractivity contribution in [2.24, 2.45) is 5.41 Å². The molecule has 4 fully saturated rings. The van der Waals surface area contributed by atoms with Crippen LogP contribution in [0.4, 0.5) is 31.3 Å². The molecule has 1 aliphatic carbocycles. The Kier molecular flexibility index (Phi) is 9.23. The van der Waals surface area contributed by atoms with E-state index < -0.39 is 40.6 Å². The maximum absolute atomic E-state index is 16.4. The molecule has 4 aromatic rings. The molecule has 266 valence electrons. The lowest BCUT2D eigenvalue weighted by atomic mass is 9.72. The van der Waals surface area contributed by atoms with Gasteiger partial charge in [-0.1, -0.05) is 6.07 Å². The van der Waals surface area contributed by atoms with E-state index in [1.54, 1.807) is 6.07 Å². The van der Waals surface area contributed by atoms with Gasteiger partial charge in [0.2, 0.25) is 5.88 Å². The number of hydrogen-bond donors (Lipinski definition) is 2. The molecule has 15 heteroatoms. The lowest BCUT2D eigenvalue weighted by Gasteiger charge is -2.36. The van der Waals surface area contributed by atoms with E-state index in [9.17, 15) is 27.2 Å². The fourth-order valence-corrected chi connectivity index (χ4v) is 9.03. The van der Waals surface area contributed by atoms with Crippen LogP contribution in [0, 0.1) is 28.4 Å². The van der Waals surface area contributed by atoms with Crippen LogP contribution < -0.4 is 20.5 Å². The van der Waals surface area contributed by atoms with Gasteiger partial charge in [0.1, 0.15) is 34.7 Å². The molecule has 2 atom stereocenters. The Morgan fingerprint density at radius 1 is 1.14 bits per heavy atom. The SMILES string of the molecule is COc1nc(OC2CCC3(CCNC3)CC2)c2cc(C(F)(F)F)c(-c3ccc(F)c4sc(N)c(C#N)c34)c(F)c2n1.FC1CC2CCCN2C1. The fourth-order valence-electron chi connectivity index (χ4n) is 8.08. The number of methoxy groups -OCH3 is 1. The molecule has 2 unspecified atom stereocenters. The number of nitriles is 1. The van der Waals surface area contributed by atoms with E-state index in [4.69, 9.17) is 15.2 Å². The molecule has 0 amide bonds. The van der Waals surface area contributed by atoms with Gasteiger partial charge in [-0.3, -0.25) is 4.90 Å². The minimum absolute atomic E-state index is 0.0917. The lowest BCUT2D eigenvalue weighted by molar-refractivity contribution is -0.137. The van der Waals surface area contributed by atoms with Gasteiger partial charge in [0.05, 0.1) is 28.3 Å². The van der Waals surface area contributed by atoms with E-state index in [1.165, 1.54) is 20.0 Å². The largest absolute Gasteiger partial charge is 0.474 e. The van der Waals surface area contributed by atoms with Crippen molar-refractivity contribution >= 4 is 37.3 Å². The van der Waals surface area contributed by atoms with Crippen LogP contribution in [0.25, 0.3) is 32.1 Å². The zero-order chi connectivity index (χ0) is 35.4. The third-order valence-corrected chi connectivity index (χ3v) is 11.7. The molecule has 5 heterocycles. The quantitative estimate of drug-likeness (QED) is 0.206. The van der Waals surface area contributed by atoms with Gasteiger partial charge >= 0.3 is 12.2 Å². The standard InChI is InChI=1S/C28H24F5N5O2S.C7H12FN/c1-39-26-37-22-15(25(38-26)40-13-4-6-27(7-5-13)8-9-36-12-27)10-17(28(31,32)33)20(21(22)30)14-2-3-18(29)23-19(14)16(11-34)24(35)41-23;8-6-4-7-2-1-3-9(7)5-6/h2-3,10,13,36H,4-9,12,35H2,1H3;6-7H,1-5H2. The van der Waals surface area contributed by atoms with Crippen molar-refractivity contribution in [1.82, 2.24) is 20.2 Å². The minimum Gasteiger partial charge on any atom is -0.474 e. The predicted molar refractivity (Wildman–Crippen MR) is 178 cm³/mol. The van der Waals surface area contributed by atoms with Crippen molar-refractivity contribution in [2.75, 3.05) is 39.0 Å². The Morgan fingerprint density at radius 3 is 2.58 bits per heavy atom. The molecule has 1 saturated carbocycles. The number of benzene rings is 2. The molecular weight excluding hydrogens is 682 g/mol. The topological polar surface area (TPSA) is 109 Å². The molecule has 0 bridgehead atoms. The molecule has 2 aromatic heterocycles. The maximum Gasteiger partial charge on any atom is 0.417 e. The van der Waals surface area contributed by atoms with E-state index in [0.29, 0.717) is 36.8 Å². The number of nitrogens with one attached hydrogen (secondary N) is 1. The number of thiophene rings is 1. The van der Waals surface area contributed by atoms with Gasteiger partial charge in [-0.25, -0.2) is 13.2 Å². The summed E-state index contributed by atoms with van der Waals surface area (Å²) in [6.07, 6.45) is 1.64. The molecular formula is C35H36F6N6O2S. The number of alkyl halides is 4. The third kappa shape index (κ3) is 6.30. The summed E-state index contributed by atoms with van der Waals surface area (Å²) in [6.45, 7) is 3.73. The summed E-state index contributed by atoms with van der Waals surface area (Å²) in [5, 5.41) is 12.5. The highest BCUT2D eigenvalue weighted by molar-refractivity contribution is 7.23. The van der Waals surface area contributed by atoms with Gasteiger partial charge in [0.15, 0.2) is 5.82 Å². The number of nitrogen functional groups attached to an aromatic ring is 1. The number of aromatic nitrogens is 2. The number of fused-ring (bicyclic) bond motifs is 3. The van der Waals surface area contributed by atoms with E-state index >= 15 is 4.39 Å². The van der Waals surface area contributed by atoms with Crippen LogP contribution in [0.1, 0.15) is 62.5 Å². The summed E-state index contributed by atoms with van der Waals surface area (Å²) in [6, 6.07) is 4.80. The van der Waals surface area contributed by atoms with Gasteiger partial charge in [-0.05, 0) is 87.6 Å². The van der Waals surface area contributed by atoms with Crippen molar-refractivity contribution < 1.29 is 35.8 Å². The molecule has 3 aliphatic heterocycles. The fraction of sp³-hybridized carbons (Fsp3) is 0.514. The number of rotatable bonds is 4. The Labute approximate surface area is 288 Å². The molecule has 3 saturated heterocycles. The Balaban J connectivity index is 0.000000375. The first-order chi connectivity index (χ1) is 23.9. The smallest absolute Gasteiger partial charge is 0.417 e. The maximum atomic E-state index is 16.4. The molecule has 50 heavy (non-hydrogen) atoms. The molecule has 8 rings (SSSR count). The summed E-state index contributed by atoms with van der Waals surface area (Å²) in [5.74, 6) is -2.34. The van der Waals surface area contributed by atoms with Crippen molar-refractivity contribution in [3.63, 3.8) is 0 Å². The normalized spacial score (nSPS) is 25.1. The van der Waals surface area contributed by atoms with Crippen LogP contribution in [0.5, 0.6) is 11.9 Å². The number of hydrogen-bond acceptors (Lipinski definition) is 9. The van der Waals surface area contributed by atoms with E-state index in [2.05, 4.69) is 20.2 Å². The van der Waals surface area contributed by atoms with E-state index in [-0.39, 0.29) is 55.0 Å². The molecule has 3 N–H and O–H groups in total. The number of ether oxygens (including phenoxy) is 2. The minimum atomic E-state index is -5.04. The van der Waals surface area contributed by atoms with Gasteiger partial charge in [0, 0.05) is 30.1 Å². The van der Waals surface area contributed by atoms with Crippen molar-refractivity contribution in [2.45, 2.75) is 75.9 Å². The van der Waals surface area contributed by atoms with Gasteiger partial charge in [-0.15, -0.1) is 11.3 Å². The lowest BCUT2D eigenvalue weighted by Crippen LogP contribution is -2.34. The monoisotopic (exact) mass is 718 g/mol. The van der Waals surface area contributed by atoms with Crippen molar-refractivity contribution in [3.05, 3.63) is 41.0 Å². The zero-order valence-electron chi connectivity index (χ0n) is 27.3. The second-order valence-corrected chi connectivity index (χ2v) is 14.7. The van der Waals surface area contributed by atoms with Crippen LogP contribution in [0.2, 0.25) is 0 Å². The summed E-state index contributed by atoms with van der Waals surface area (Å²) < 4.78 is 98.5. The van der Waals surface area contributed by atoms with Crippen LogP contribution in [-0.2, 0) is 6.18 Å². The summed E-state index contributed by atoms with van der Waals surface area (Å²) in [5.41, 5.74) is 2.82. The van der Waals surface area contributed by atoms with Gasteiger partial charge in [-0.2, -0.15) is 28.4 Å². The molecule has 1 spiro atoms. The van der Waals surface area contributed by atoms with Gasteiger partial charge in [0.25, 0.3) is 0 Å². The Bertz CT molecular complexity index is 1950. The molecule has 0 radical (unpaired) electrons. The highest BCUT2D eigenvalue weighted by Crippen LogP contribution is 2.48. The first-order valence-electron chi connectivity index (χ1n) is 16.7. The average molecular weight is 719 g/mol. The average Bonchev–Trinajstić information content (AvgIpc) is 3.87. The molecule has 8 nitrogen and oxygen atoms in total. The second kappa shape index (κ2) is 13.4. The molecule has 4 aliphatic rings. The Morgan fingerprint density at radius 2 is 1.92 bits per heavy atom. The van der Waals surface area contributed by atoms with Crippen LogP contribution in [0.3, 0.4) is 0 Å². The zero-order valence-corrected chi connectivity index (χ0v) is 28.1. The highest BCUT2D eigenvalue weighted by atomic mass is 32.1. The predicted octanol–water partition coefficient (Wildman–Crippen LogP) is 7.76. The van der Waals surface area contributed by atoms with E-state index in [1.807, 2.05) is 0 Å². The van der Waals surface area contributed by atoms with Crippen LogP contribution >= 0.6 is 11.3 Å². The molecule has 2 aromatic carbocycles. The van der Waals surface area contributed by atoms with E-state index in [0.717, 1.165) is 63.5 Å². The highest BCUT2D eigenvalue weighted by Gasteiger charge is 2.41. The second-order valence-electron chi connectivity index (χ2n) is 13.6. The number of anilines is 1. The summed E-state index contributed by atoms with van der Waals surface area (Å²) in [4.78, 5) is 10.5.